The van der Waals surface area contributed by atoms with Crippen molar-refractivity contribution in [2.24, 2.45) is 0 Å². The average Bonchev–Trinajstić information content (AvgIpc) is 2.83. The summed E-state index contributed by atoms with van der Waals surface area (Å²) in [6.45, 7) is 5.45. The van der Waals surface area contributed by atoms with Crippen molar-refractivity contribution in [3.63, 3.8) is 0 Å². The fourth-order valence-electron chi connectivity index (χ4n) is 3.72. The van der Waals surface area contributed by atoms with Gasteiger partial charge >= 0.3 is 0 Å². The molecule has 0 spiro atoms. The summed E-state index contributed by atoms with van der Waals surface area (Å²) in [5.74, 6) is 6.17. The highest BCUT2D eigenvalue weighted by Crippen LogP contribution is 2.24. The van der Waals surface area contributed by atoms with Crippen LogP contribution in [-0.4, -0.2) is 46.1 Å². The molecule has 7 nitrogen and oxygen atoms in total. The van der Waals surface area contributed by atoms with Crippen molar-refractivity contribution >= 4 is 17.4 Å². The van der Waals surface area contributed by atoms with Gasteiger partial charge in [0, 0.05) is 31.9 Å². The number of carbonyl (C=O) groups excluding carboxylic acids is 1. The molecule has 168 valence electrons. The van der Waals surface area contributed by atoms with E-state index in [2.05, 4.69) is 39.2 Å². The number of nitrogens with one attached hydrogen (secondary N) is 1. The van der Waals surface area contributed by atoms with Gasteiger partial charge in [-0.2, -0.15) is 0 Å². The minimum atomic E-state index is -1.20. The molecule has 0 bridgehead atoms. The predicted molar refractivity (Wildman–Crippen MR) is 129 cm³/mol. The van der Waals surface area contributed by atoms with Gasteiger partial charge in [0.05, 0.1) is 11.1 Å². The topological polar surface area (TPSA) is 104 Å². The van der Waals surface area contributed by atoms with Crippen molar-refractivity contribution in [1.82, 2.24) is 15.3 Å². The largest absolute Gasteiger partial charge is 0.383 e. The van der Waals surface area contributed by atoms with E-state index in [1.165, 1.54) is 11.8 Å². The van der Waals surface area contributed by atoms with Crippen molar-refractivity contribution in [2.75, 3.05) is 30.3 Å². The lowest BCUT2D eigenvalue weighted by Crippen LogP contribution is -2.46. The SMILES string of the molecule is CC(C)(O)C#Cc1ccc(N2CCN[C@H](c3ccccc3)C2)nc1C(=O)c1cccnc1N. The minimum absolute atomic E-state index is 0.141. The van der Waals surface area contributed by atoms with Gasteiger partial charge in [-0.1, -0.05) is 42.2 Å². The third-order valence-electron chi connectivity index (χ3n) is 5.38. The standard InChI is InChI=1S/C26H27N5O2/c1-26(2,33)13-12-19-10-11-22(30-23(19)24(32)20-9-6-14-29-25(20)27)31-16-15-28-21(17-31)18-7-4-3-5-8-18/h3-11,14,21,28,33H,15-17H2,1-2H3,(H2,27,29)/t21-/m0/s1. The van der Waals surface area contributed by atoms with E-state index in [4.69, 9.17) is 10.7 Å². The maximum absolute atomic E-state index is 13.4. The molecule has 7 heteroatoms. The molecular formula is C26H27N5O2. The van der Waals surface area contributed by atoms with Gasteiger partial charge < -0.3 is 21.1 Å². The number of aromatic nitrogens is 2. The van der Waals surface area contributed by atoms with Crippen molar-refractivity contribution < 1.29 is 9.90 Å². The Hall–Kier alpha value is -3.73. The van der Waals surface area contributed by atoms with Crippen LogP contribution in [0.15, 0.2) is 60.8 Å². The number of hydrogen-bond donors (Lipinski definition) is 3. The monoisotopic (exact) mass is 441 g/mol. The van der Waals surface area contributed by atoms with Gasteiger partial charge in [0.15, 0.2) is 0 Å². The van der Waals surface area contributed by atoms with Crippen LogP contribution in [0.5, 0.6) is 0 Å². The van der Waals surface area contributed by atoms with Crippen LogP contribution >= 0.6 is 0 Å². The van der Waals surface area contributed by atoms with Gasteiger partial charge in [0.2, 0.25) is 5.78 Å². The molecule has 1 saturated heterocycles. The van der Waals surface area contributed by atoms with Crippen LogP contribution in [-0.2, 0) is 0 Å². The lowest BCUT2D eigenvalue weighted by molar-refractivity contribution is 0.103. The first-order valence-corrected chi connectivity index (χ1v) is 10.9. The third-order valence-corrected chi connectivity index (χ3v) is 5.38. The number of ketones is 1. The summed E-state index contributed by atoms with van der Waals surface area (Å²) in [6, 6.07) is 17.3. The number of pyridine rings is 2. The number of nitrogens with two attached hydrogens (primary N) is 1. The van der Waals surface area contributed by atoms with Gasteiger partial charge in [0.1, 0.15) is 22.9 Å². The number of piperazine rings is 1. The predicted octanol–water partition coefficient (Wildman–Crippen LogP) is 2.56. The number of aliphatic hydroxyl groups is 1. The Morgan fingerprint density at radius 2 is 1.97 bits per heavy atom. The molecular weight excluding hydrogens is 414 g/mol. The number of nitrogens with zero attached hydrogens (tertiary/aromatic N) is 3. The van der Waals surface area contributed by atoms with Gasteiger partial charge in [-0.05, 0) is 43.7 Å². The summed E-state index contributed by atoms with van der Waals surface area (Å²) in [6.07, 6.45) is 1.54. The molecule has 0 aliphatic carbocycles. The second-order valence-electron chi connectivity index (χ2n) is 8.50. The zero-order valence-electron chi connectivity index (χ0n) is 18.7. The van der Waals surface area contributed by atoms with Gasteiger partial charge in [0.25, 0.3) is 0 Å². The van der Waals surface area contributed by atoms with Crippen molar-refractivity contribution in [3.8, 4) is 11.8 Å². The zero-order valence-corrected chi connectivity index (χ0v) is 18.7. The second-order valence-corrected chi connectivity index (χ2v) is 8.50. The van der Waals surface area contributed by atoms with E-state index in [1.54, 1.807) is 32.0 Å². The molecule has 0 unspecified atom stereocenters. The molecule has 4 N–H and O–H groups in total. The molecule has 1 aliphatic rings. The van der Waals surface area contributed by atoms with E-state index in [9.17, 15) is 9.90 Å². The highest BCUT2D eigenvalue weighted by molar-refractivity contribution is 6.11. The number of hydrogen-bond acceptors (Lipinski definition) is 7. The molecule has 33 heavy (non-hydrogen) atoms. The smallest absolute Gasteiger partial charge is 0.216 e. The molecule has 3 aromatic rings. The van der Waals surface area contributed by atoms with Crippen LogP contribution in [0.4, 0.5) is 11.6 Å². The molecule has 3 heterocycles. The van der Waals surface area contributed by atoms with E-state index in [1.807, 2.05) is 24.3 Å². The molecule has 2 aromatic heterocycles. The Morgan fingerprint density at radius 3 is 2.70 bits per heavy atom. The third kappa shape index (κ3) is 5.37. The fraction of sp³-hybridized carbons (Fsp3) is 0.269. The summed E-state index contributed by atoms with van der Waals surface area (Å²) < 4.78 is 0. The van der Waals surface area contributed by atoms with Crippen molar-refractivity contribution in [2.45, 2.75) is 25.5 Å². The molecule has 0 amide bonds. The lowest BCUT2D eigenvalue weighted by Gasteiger charge is -2.35. The number of benzene rings is 1. The maximum atomic E-state index is 13.4. The second kappa shape index (κ2) is 9.41. The number of anilines is 2. The minimum Gasteiger partial charge on any atom is -0.383 e. The van der Waals surface area contributed by atoms with E-state index in [0.717, 1.165) is 13.1 Å². The van der Waals surface area contributed by atoms with E-state index >= 15 is 0 Å². The fourth-order valence-corrected chi connectivity index (χ4v) is 3.72. The Morgan fingerprint density at radius 1 is 1.18 bits per heavy atom. The van der Waals surface area contributed by atoms with Crippen LogP contribution in [0.2, 0.25) is 0 Å². The van der Waals surface area contributed by atoms with Gasteiger partial charge in [-0.15, -0.1) is 0 Å². The summed E-state index contributed by atoms with van der Waals surface area (Å²) in [5, 5.41) is 13.6. The molecule has 1 fully saturated rings. The molecule has 1 aliphatic heterocycles. The van der Waals surface area contributed by atoms with Crippen LogP contribution in [0.25, 0.3) is 0 Å². The summed E-state index contributed by atoms with van der Waals surface area (Å²) in [4.78, 5) is 24.3. The Kier molecular flexibility index (Phi) is 6.40. The van der Waals surface area contributed by atoms with Crippen LogP contribution in [0, 0.1) is 11.8 Å². The maximum Gasteiger partial charge on any atom is 0.216 e. The average molecular weight is 442 g/mol. The highest BCUT2D eigenvalue weighted by Gasteiger charge is 2.24. The van der Waals surface area contributed by atoms with Crippen LogP contribution < -0.4 is 16.0 Å². The number of nitrogen functional groups attached to an aromatic ring is 1. The lowest BCUT2D eigenvalue weighted by atomic mass is 10.0. The quantitative estimate of drug-likeness (QED) is 0.422. The molecule has 0 saturated carbocycles. The first-order chi connectivity index (χ1) is 15.8. The number of carbonyl (C=O) groups is 1. The van der Waals surface area contributed by atoms with Gasteiger partial charge in [-0.25, -0.2) is 9.97 Å². The van der Waals surface area contributed by atoms with E-state index in [0.29, 0.717) is 17.9 Å². The molecule has 1 aromatic carbocycles. The molecule has 0 radical (unpaired) electrons. The van der Waals surface area contributed by atoms with Crippen molar-refractivity contribution in [1.29, 1.82) is 0 Å². The van der Waals surface area contributed by atoms with Crippen LogP contribution in [0.3, 0.4) is 0 Å². The van der Waals surface area contributed by atoms with Crippen molar-refractivity contribution in [3.05, 3.63) is 83.2 Å². The Balaban J connectivity index is 1.71. The molecule has 4 rings (SSSR count). The summed E-state index contributed by atoms with van der Waals surface area (Å²) >= 11 is 0. The van der Waals surface area contributed by atoms with Gasteiger partial charge in [-0.3, -0.25) is 4.79 Å². The molecule has 1 atom stereocenters. The zero-order chi connectivity index (χ0) is 23.4. The first kappa shape index (κ1) is 22.5. The van der Waals surface area contributed by atoms with E-state index < -0.39 is 5.60 Å². The first-order valence-electron chi connectivity index (χ1n) is 10.9. The van der Waals surface area contributed by atoms with Crippen LogP contribution in [0.1, 0.15) is 47.1 Å². The normalized spacial score (nSPS) is 16.1. The highest BCUT2D eigenvalue weighted by atomic mass is 16.3. The Bertz CT molecular complexity index is 1210. The van der Waals surface area contributed by atoms with E-state index in [-0.39, 0.29) is 28.9 Å². The summed E-state index contributed by atoms with van der Waals surface area (Å²) in [7, 11) is 0. The Labute approximate surface area is 193 Å². The number of rotatable bonds is 4. The summed E-state index contributed by atoms with van der Waals surface area (Å²) in [5.41, 5.74) is 6.86.